The number of aromatic nitrogens is 1. The number of aliphatic hydroxyl groups excluding tert-OH is 1. The molecule has 124 valence electrons. The molecule has 0 radical (unpaired) electrons. The number of nitrogens with one attached hydrogen (secondary N) is 1. The van der Waals surface area contributed by atoms with Crippen LogP contribution in [0.4, 0.5) is 5.69 Å². The van der Waals surface area contributed by atoms with Crippen LogP contribution in [0.2, 0.25) is 0 Å². The maximum atomic E-state index is 12.2. The van der Waals surface area contributed by atoms with Crippen molar-refractivity contribution in [1.29, 1.82) is 0 Å². The molecule has 2 aromatic rings. The lowest BCUT2D eigenvalue weighted by Gasteiger charge is -2.19. The molecule has 0 bridgehead atoms. The van der Waals surface area contributed by atoms with Gasteiger partial charge in [0.05, 0.1) is 6.10 Å². The first-order valence-electron chi connectivity index (χ1n) is 7.49. The largest absolute Gasteiger partial charge is 0.446 e. The summed E-state index contributed by atoms with van der Waals surface area (Å²) in [6, 6.07) is 6.89. The Kier molecular flexibility index (Phi) is 4.87. The average molecular weight is 317 g/mol. The van der Waals surface area contributed by atoms with Crippen LogP contribution < -0.4 is 11.1 Å². The van der Waals surface area contributed by atoms with Gasteiger partial charge in [-0.2, -0.15) is 0 Å². The fourth-order valence-corrected chi connectivity index (χ4v) is 2.00. The first kappa shape index (κ1) is 17.2. The minimum atomic E-state index is -0.811. The first-order valence-corrected chi connectivity index (χ1v) is 7.49. The number of amides is 1. The van der Waals surface area contributed by atoms with Crippen LogP contribution in [0.1, 0.15) is 55.7 Å². The van der Waals surface area contributed by atoms with Crippen LogP contribution in [0.25, 0.3) is 0 Å². The molecular weight excluding hydrogens is 294 g/mol. The molecule has 0 saturated heterocycles. The number of carbonyl (C=O) groups is 1. The van der Waals surface area contributed by atoms with Gasteiger partial charge in [-0.05, 0) is 30.0 Å². The lowest BCUT2D eigenvalue weighted by atomic mass is 9.87. The summed E-state index contributed by atoms with van der Waals surface area (Å²) in [6.07, 6.45) is 0.422. The van der Waals surface area contributed by atoms with Gasteiger partial charge in [-0.1, -0.05) is 32.9 Å². The Morgan fingerprint density at radius 3 is 2.43 bits per heavy atom. The summed E-state index contributed by atoms with van der Waals surface area (Å²) in [5.74, 6) is -0.255. The van der Waals surface area contributed by atoms with Crippen molar-refractivity contribution in [3.8, 4) is 0 Å². The van der Waals surface area contributed by atoms with E-state index in [0.717, 1.165) is 0 Å². The Balaban J connectivity index is 2.07. The number of anilines is 1. The lowest BCUT2D eigenvalue weighted by Crippen LogP contribution is -2.23. The monoisotopic (exact) mass is 317 g/mol. The van der Waals surface area contributed by atoms with Gasteiger partial charge in [-0.3, -0.25) is 4.79 Å². The van der Waals surface area contributed by atoms with Crippen LogP contribution in [0, 0.1) is 0 Å². The predicted molar refractivity (Wildman–Crippen MR) is 88.2 cm³/mol. The second-order valence-corrected chi connectivity index (χ2v) is 6.62. The third kappa shape index (κ3) is 4.18. The summed E-state index contributed by atoms with van der Waals surface area (Å²) in [7, 11) is 0. The molecule has 0 aliphatic heterocycles. The van der Waals surface area contributed by atoms with Gasteiger partial charge in [-0.15, -0.1) is 0 Å². The Morgan fingerprint density at radius 2 is 1.91 bits per heavy atom. The normalized spacial score (nSPS) is 14.3. The number of hydrogen-bond acceptors (Lipinski definition) is 5. The summed E-state index contributed by atoms with van der Waals surface area (Å²) >= 11 is 0. The molecule has 1 heterocycles. The summed E-state index contributed by atoms with van der Waals surface area (Å²) < 4.78 is 5.15. The van der Waals surface area contributed by atoms with Gasteiger partial charge in [0.2, 0.25) is 5.89 Å². The van der Waals surface area contributed by atoms with Gasteiger partial charge in [0.25, 0.3) is 5.91 Å². The van der Waals surface area contributed by atoms with Gasteiger partial charge in [0.1, 0.15) is 12.3 Å². The quantitative estimate of drug-likeness (QED) is 0.804. The van der Waals surface area contributed by atoms with E-state index in [4.69, 9.17) is 10.2 Å². The molecule has 4 N–H and O–H groups in total. The Hall–Kier alpha value is -2.18. The highest BCUT2D eigenvalue weighted by molar-refractivity contribution is 6.02. The van der Waals surface area contributed by atoms with Crippen LogP contribution in [-0.4, -0.2) is 22.1 Å². The van der Waals surface area contributed by atoms with E-state index in [1.807, 2.05) is 24.3 Å². The van der Waals surface area contributed by atoms with Gasteiger partial charge in [-0.25, -0.2) is 4.98 Å². The molecule has 2 atom stereocenters. The van der Waals surface area contributed by atoms with Crippen molar-refractivity contribution in [1.82, 2.24) is 4.98 Å². The van der Waals surface area contributed by atoms with Crippen LogP contribution in [0.15, 0.2) is 34.9 Å². The van der Waals surface area contributed by atoms with Crippen molar-refractivity contribution < 1.29 is 14.3 Å². The second kappa shape index (κ2) is 6.52. The van der Waals surface area contributed by atoms with Crippen molar-refractivity contribution in [3.05, 3.63) is 47.7 Å². The van der Waals surface area contributed by atoms with E-state index < -0.39 is 12.1 Å². The minimum absolute atomic E-state index is 0.0562. The van der Waals surface area contributed by atoms with Crippen LogP contribution in [0.3, 0.4) is 0 Å². The number of oxazole rings is 1. The Labute approximate surface area is 135 Å². The molecule has 0 aliphatic carbocycles. The lowest BCUT2D eigenvalue weighted by molar-refractivity contribution is 0.102. The van der Waals surface area contributed by atoms with Crippen molar-refractivity contribution >= 4 is 11.6 Å². The molecule has 1 aromatic heterocycles. The van der Waals surface area contributed by atoms with Gasteiger partial charge >= 0.3 is 0 Å². The maximum Gasteiger partial charge on any atom is 0.277 e. The Morgan fingerprint density at radius 1 is 1.30 bits per heavy atom. The van der Waals surface area contributed by atoms with Crippen LogP contribution >= 0.6 is 0 Å². The average Bonchev–Trinajstić information content (AvgIpc) is 2.95. The maximum absolute atomic E-state index is 12.2. The number of carbonyl (C=O) groups excluding carboxylic acids is 1. The van der Waals surface area contributed by atoms with Crippen molar-refractivity contribution in [2.24, 2.45) is 5.73 Å². The molecule has 1 aromatic carbocycles. The van der Waals surface area contributed by atoms with Crippen molar-refractivity contribution in [3.63, 3.8) is 0 Å². The number of rotatable bonds is 4. The zero-order chi connectivity index (χ0) is 17.2. The first-order chi connectivity index (χ1) is 10.7. The fraction of sp³-hybridized carbons (Fsp3) is 0.412. The van der Waals surface area contributed by atoms with E-state index in [1.165, 1.54) is 18.8 Å². The molecule has 6 heteroatoms. The molecule has 6 nitrogen and oxygen atoms in total. The highest BCUT2D eigenvalue weighted by atomic mass is 16.3. The number of nitrogens with two attached hydrogens (primary N) is 1. The number of hydrogen-bond donors (Lipinski definition) is 3. The summed E-state index contributed by atoms with van der Waals surface area (Å²) in [6.45, 7) is 7.92. The minimum Gasteiger partial charge on any atom is -0.446 e. The standard InChI is InChI=1S/C17H23N3O3/c1-10(21)14(18)16-20-13(9-23-16)15(22)19-12-7-5-11(6-8-12)17(2,3)4/h5-10,14,21H,18H2,1-4H3,(H,19,22). The molecule has 1 amide bonds. The van der Waals surface area contributed by atoms with E-state index in [9.17, 15) is 9.90 Å². The molecule has 0 aliphatic rings. The summed E-state index contributed by atoms with van der Waals surface area (Å²) in [4.78, 5) is 16.2. The zero-order valence-corrected chi connectivity index (χ0v) is 13.8. The molecule has 0 fully saturated rings. The van der Waals surface area contributed by atoms with E-state index in [0.29, 0.717) is 5.69 Å². The third-order valence-electron chi connectivity index (χ3n) is 3.57. The number of benzene rings is 1. The summed E-state index contributed by atoms with van der Waals surface area (Å²) in [5.41, 5.74) is 7.76. The highest BCUT2D eigenvalue weighted by Crippen LogP contribution is 2.23. The smallest absolute Gasteiger partial charge is 0.277 e. The van der Waals surface area contributed by atoms with E-state index in [-0.39, 0.29) is 22.9 Å². The second-order valence-electron chi connectivity index (χ2n) is 6.62. The van der Waals surface area contributed by atoms with Gasteiger partial charge in [0.15, 0.2) is 5.69 Å². The third-order valence-corrected chi connectivity index (χ3v) is 3.57. The molecule has 2 rings (SSSR count). The predicted octanol–water partition coefficient (Wildman–Crippen LogP) is 2.61. The van der Waals surface area contributed by atoms with Crippen molar-refractivity contribution in [2.45, 2.75) is 45.3 Å². The highest BCUT2D eigenvalue weighted by Gasteiger charge is 2.20. The molecule has 23 heavy (non-hydrogen) atoms. The van der Waals surface area contributed by atoms with E-state index in [1.54, 1.807) is 0 Å². The van der Waals surface area contributed by atoms with Crippen molar-refractivity contribution in [2.75, 3.05) is 5.32 Å². The topological polar surface area (TPSA) is 101 Å². The SMILES string of the molecule is CC(O)C(N)c1nc(C(=O)Nc2ccc(C(C)(C)C)cc2)co1. The zero-order valence-electron chi connectivity index (χ0n) is 13.8. The van der Waals surface area contributed by atoms with E-state index in [2.05, 4.69) is 31.1 Å². The van der Waals surface area contributed by atoms with E-state index >= 15 is 0 Å². The summed E-state index contributed by atoms with van der Waals surface area (Å²) in [5, 5.41) is 12.2. The van der Waals surface area contributed by atoms with Gasteiger partial charge in [0, 0.05) is 5.69 Å². The Bertz CT molecular complexity index is 669. The van der Waals surface area contributed by atoms with Crippen LogP contribution in [0.5, 0.6) is 0 Å². The van der Waals surface area contributed by atoms with Crippen LogP contribution in [-0.2, 0) is 5.41 Å². The molecular formula is C17H23N3O3. The molecule has 0 spiro atoms. The number of aliphatic hydroxyl groups is 1. The molecule has 0 saturated carbocycles. The fourth-order valence-electron chi connectivity index (χ4n) is 2.00. The van der Waals surface area contributed by atoms with Gasteiger partial charge < -0.3 is 20.6 Å². The molecule has 2 unspecified atom stereocenters. The number of nitrogens with zero attached hydrogens (tertiary/aromatic N) is 1.